The monoisotopic (exact) mass is 243 g/mol. The molecule has 1 heterocycles. The van der Waals surface area contributed by atoms with E-state index in [0.717, 1.165) is 23.8 Å². The van der Waals surface area contributed by atoms with Gasteiger partial charge in [-0.15, -0.1) is 0 Å². The predicted molar refractivity (Wildman–Crippen MR) is 75.7 cm³/mol. The summed E-state index contributed by atoms with van der Waals surface area (Å²) < 4.78 is 0. The SMILES string of the molecule is CNCc1[nH]c(C)nc1-c1ccc(C)c(C)c1C. The zero-order valence-corrected chi connectivity index (χ0v) is 11.8. The molecule has 0 radical (unpaired) electrons. The van der Waals surface area contributed by atoms with Crippen LogP contribution in [-0.4, -0.2) is 17.0 Å². The van der Waals surface area contributed by atoms with E-state index in [1.807, 2.05) is 14.0 Å². The number of aryl methyl sites for hydroxylation is 2. The summed E-state index contributed by atoms with van der Waals surface area (Å²) >= 11 is 0. The van der Waals surface area contributed by atoms with E-state index in [1.54, 1.807) is 0 Å². The quantitative estimate of drug-likeness (QED) is 0.870. The van der Waals surface area contributed by atoms with Crippen LogP contribution in [0, 0.1) is 27.7 Å². The Balaban J connectivity index is 2.58. The first-order valence-corrected chi connectivity index (χ1v) is 6.32. The van der Waals surface area contributed by atoms with Gasteiger partial charge in [0.1, 0.15) is 5.82 Å². The van der Waals surface area contributed by atoms with E-state index in [9.17, 15) is 0 Å². The van der Waals surface area contributed by atoms with Crippen LogP contribution in [0.1, 0.15) is 28.2 Å². The zero-order valence-electron chi connectivity index (χ0n) is 11.8. The first-order valence-electron chi connectivity index (χ1n) is 6.32. The number of H-pyrrole nitrogens is 1. The molecule has 0 amide bonds. The van der Waals surface area contributed by atoms with Gasteiger partial charge in [0.2, 0.25) is 0 Å². The highest BCUT2D eigenvalue weighted by Gasteiger charge is 2.13. The van der Waals surface area contributed by atoms with E-state index in [2.05, 4.69) is 48.2 Å². The van der Waals surface area contributed by atoms with Crippen molar-refractivity contribution >= 4 is 0 Å². The average molecular weight is 243 g/mol. The van der Waals surface area contributed by atoms with Gasteiger partial charge in [0.15, 0.2) is 0 Å². The van der Waals surface area contributed by atoms with Crippen LogP contribution in [0.25, 0.3) is 11.3 Å². The van der Waals surface area contributed by atoms with Crippen LogP contribution in [0.2, 0.25) is 0 Å². The highest BCUT2D eigenvalue weighted by molar-refractivity contribution is 5.68. The molecule has 1 aromatic carbocycles. The van der Waals surface area contributed by atoms with E-state index in [-0.39, 0.29) is 0 Å². The lowest BCUT2D eigenvalue weighted by Gasteiger charge is -2.11. The van der Waals surface area contributed by atoms with Gasteiger partial charge >= 0.3 is 0 Å². The largest absolute Gasteiger partial charge is 0.345 e. The molecule has 3 nitrogen and oxygen atoms in total. The molecule has 0 unspecified atom stereocenters. The summed E-state index contributed by atoms with van der Waals surface area (Å²) in [6.45, 7) is 9.30. The second-order valence-electron chi connectivity index (χ2n) is 4.86. The molecular formula is C15H21N3. The molecule has 1 aromatic heterocycles. The molecule has 0 aliphatic carbocycles. The maximum absolute atomic E-state index is 4.64. The van der Waals surface area contributed by atoms with Crippen LogP contribution < -0.4 is 5.32 Å². The maximum atomic E-state index is 4.64. The van der Waals surface area contributed by atoms with E-state index >= 15 is 0 Å². The van der Waals surface area contributed by atoms with E-state index in [0.29, 0.717) is 0 Å². The van der Waals surface area contributed by atoms with Crippen LogP contribution in [0.5, 0.6) is 0 Å². The molecule has 2 N–H and O–H groups in total. The fourth-order valence-corrected chi connectivity index (χ4v) is 2.28. The molecule has 2 aromatic rings. The van der Waals surface area contributed by atoms with Gasteiger partial charge < -0.3 is 10.3 Å². The number of aromatic nitrogens is 2. The van der Waals surface area contributed by atoms with Gasteiger partial charge in [-0.1, -0.05) is 12.1 Å². The molecule has 0 saturated heterocycles. The third-order valence-corrected chi connectivity index (χ3v) is 3.56. The molecule has 18 heavy (non-hydrogen) atoms. The second kappa shape index (κ2) is 4.94. The molecule has 96 valence electrons. The molecular weight excluding hydrogens is 222 g/mol. The molecule has 0 bridgehead atoms. The predicted octanol–water partition coefficient (Wildman–Crippen LogP) is 3.03. The molecule has 0 atom stereocenters. The van der Waals surface area contributed by atoms with Crippen LogP contribution in [0.4, 0.5) is 0 Å². The van der Waals surface area contributed by atoms with Crippen molar-refractivity contribution in [2.75, 3.05) is 7.05 Å². The van der Waals surface area contributed by atoms with Gasteiger partial charge in [-0.05, 0) is 51.4 Å². The number of aromatic amines is 1. The topological polar surface area (TPSA) is 40.7 Å². The van der Waals surface area contributed by atoms with Crippen LogP contribution in [0.15, 0.2) is 12.1 Å². The molecule has 0 fully saturated rings. The fraction of sp³-hybridized carbons (Fsp3) is 0.400. The number of imidazole rings is 1. The Bertz CT molecular complexity index is 567. The normalized spacial score (nSPS) is 10.9. The summed E-state index contributed by atoms with van der Waals surface area (Å²) in [7, 11) is 1.95. The summed E-state index contributed by atoms with van der Waals surface area (Å²) in [4.78, 5) is 7.97. The second-order valence-corrected chi connectivity index (χ2v) is 4.86. The summed E-state index contributed by atoms with van der Waals surface area (Å²) in [6.07, 6.45) is 0. The highest BCUT2D eigenvalue weighted by Crippen LogP contribution is 2.28. The minimum Gasteiger partial charge on any atom is -0.345 e. The average Bonchev–Trinajstić information content (AvgIpc) is 2.68. The van der Waals surface area contributed by atoms with Crippen molar-refractivity contribution in [3.05, 3.63) is 40.3 Å². The Morgan fingerprint density at radius 2 is 1.83 bits per heavy atom. The maximum Gasteiger partial charge on any atom is 0.103 e. The summed E-state index contributed by atoms with van der Waals surface area (Å²) in [6, 6.07) is 4.34. The highest BCUT2D eigenvalue weighted by atomic mass is 15.0. The van der Waals surface area contributed by atoms with Gasteiger partial charge in [0.05, 0.1) is 11.4 Å². The van der Waals surface area contributed by atoms with Gasteiger partial charge in [-0.3, -0.25) is 0 Å². The van der Waals surface area contributed by atoms with Crippen molar-refractivity contribution in [2.45, 2.75) is 34.2 Å². The van der Waals surface area contributed by atoms with Gasteiger partial charge in [0, 0.05) is 12.1 Å². The Morgan fingerprint density at radius 1 is 1.11 bits per heavy atom. The number of rotatable bonds is 3. The number of hydrogen-bond acceptors (Lipinski definition) is 2. The van der Waals surface area contributed by atoms with E-state index in [4.69, 9.17) is 0 Å². The minimum atomic E-state index is 0.808. The summed E-state index contributed by atoms with van der Waals surface area (Å²) in [5, 5.41) is 3.18. The number of nitrogens with zero attached hydrogens (tertiary/aromatic N) is 1. The van der Waals surface area contributed by atoms with E-state index in [1.165, 1.54) is 22.3 Å². The fourth-order valence-electron chi connectivity index (χ4n) is 2.28. The molecule has 0 aliphatic rings. The van der Waals surface area contributed by atoms with Crippen molar-refractivity contribution in [2.24, 2.45) is 0 Å². The smallest absolute Gasteiger partial charge is 0.103 e. The molecule has 2 rings (SSSR count). The number of benzene rings is 1. The third kappa shape index (κ3) is 2.18. The summed E-state index contributed by atoms with van der Waals surface area (Å²) in [5.41, 5.74) is 7.46. The lowest BCUT2D eigenvalue weighted by atomic mass is 9.96. The van der Waals surface area contributed by atoms with Crippen molar-refractivity contribution in [1.29, 1.82) is 0 Å². The molecule has 0 saturated carbocycles. The van der Waals surface area contributed by atoms with Crippen molar-refractivity contribution < 1.29 is 0 Å². The lowest BCUT2D eigenvalue weighted by Crippen LogP contribution is -2.07. The molecule has 0 aliphatic heterocycles. The number of nitrogens with one attached hydrogen (secondary N) is 2. The minimum absolute atomic E-state index is 0.808. The van der Waals surface area contributed by atoms with Crippen LogP contribution in [0.3, 0.4) is 0 Å². The Kier molecular flexibility index (Phi) is 3.53. The van der Waals surface area contributed by atoms with Crippen LogP contribution >= 0.6 is 0 Å². The Hall–Kier alpha value is -1.61. The Labute approximate surface area is 109 Å². The molecule has 3 heteroatoms. The van der Waals surface area contributed by atoms with Crippen molar-refractivity contribution in [1.82, 2.24) is 15.3 Å². The van der Waals surface area contributed by atoms with E-state index < -0.39 is 0 Å². The van der Waals surface area contributed by atoms with Gasteiger partial charge in [-0.2, -0.15) is 0 Å². The number of hydrogen-bond donors (Lipinski definition) is 2. The Morgan fingerprint density at radius 3 is 2.50 bits per heavy atom. The van der Waals surface area contributed by atoms with Crippen molar-refractivity contribution in [3.8, 4) is 11.3 Å². The summed E-state index contributed by atoms with van der Waals surface area (Å²) in [5.74, 6) is 0.966. The van der Waals surface area contributed by atoms with Gasteiger partial charge in [0.25, 0.3) is 0 Å². The van der Waals surface area contributed by atoms with Crippen molar-refractivity contribution in [3.63, 3.8) is 0 Å². The lowest BCUT2D eigenvalue weighted by molar-refractivity contribution is 0.796. The molecule has 0 spiro atoms. The third-order valence-electron chi connectivity index (χ3n) is 3.56. The van der Waals surface area contributed by atoms with Gasteiger partial charge in [-0.25, -0.2) is 4.98 Å². The standard InChI is InChI=1S/C15H21N3/c1-9-6-7-13(11(3)10(9)2)15-14(8-16-5)17-12(4)18-15/h6-7,16H,8H2,1-5H3,(H,17,18). The first kappa shape index (κ1) is 12.8. The first-order chi connectivity index (χ1) is 8.54. The van der Waals surface area contributed by atoms with Crippen LogP contribution in [-0.2, 0) is 6.54 Å². The zero-order chi connectivity index (χ0) is 13.3.